The Labute approximate surface area is 189 Å². The number of hydrogen-bond acceptors (Lipinski definition) is 5. The lowest BCUT2D eigenvalue weighted by Gasteiger charge is -2.38. The second-order valence-corrected chi connectivity index (χ2v) is 8.91. The number of rotatable bonds is 6. The summed E-state index contributed by atoms with van der Waals surface area (Å²) in [5, 5.41) is 3.66. The third-order valence-corrected chi connectivity index (χ3v) is 6.69. The van der Waals surface area contributed by atoms with E-state index in [0.717, 1.165) is 39.1 Å². The molecule has 0 saturated carbocycles. The Morgan fingerprint density at radius 3 is 2.61 bits per heavy atom. The van der Waals surface area contributed by atoms with Crippen LogP contribution in [0.15, 0.2) is 36.4 Å². The highest BCUT2D eigenvalue weighted by Crippen LogP contribution is 2.31. The lowest BCUT2D eigenvalue weighted by Crippen LogP contribution is -2.48. The molecule has 2 aliphatic rings. The van der Waals surface area contributed by atoms with Crippen LogP contribution in [0.25, 0.3) is 0 Å². The zero-order chi connectivity index (χ0) is 22.0. The van der Waals surface area contributed by atoms with E-state index in [1.807, 2.05) is 0 Å². The van der Waals surface area contributed by atoms with Gasteiger partial charge in [-0.2, -0.15) is 0 Å². The summed E-state index contributed by atoms with van der Waals surface area (Å²) in [6.07, 6.45) is 1.07. The molecule has 0 bridgehead atoms. The van der Waals surface area contributed by atoms with Crippen LogP contribution in [0.3, 0.4) is 0 Å². The van der Waals surface area contributed by atoms with Crippen LogP contribution in [-0.2, 0) is 6.42 Å². The summed E-state index contributed by atoms with van der Waals surface area (Å²) in [6.45, 7) is 5.61. The van der Waals surface area contributed by atoms with Gasteiger partial charge in [-0.05, 0) is 48.9 Å². The summed E-state index contributed by atoms with van der Waals surface area (Å²) in [4.78, 5) is 20.1. The van der Waals surface area contributed by atoms with E-state index in [2.05, 4.69) is 52.3 Å². The van der Waals surface area contributed by atoms with Crippen LogP contribution in [0.4, 0.5) is 5.69 Å². The molecule has 0 radical (unpaired) electrons. The monoisotopic (exact) mass is 442 g/mol. The van der Waals surface area contributed by atoms with Gasteiger partial charge < -0.3 is 19.9 Å². The molecular weight excluding hydrogens is 412 g/mol. The maximum Gasteiger partial charge on any atom is 0.255 e. The quantitative estimate of drug-likeness (QED) is 0.745. The molecule has 1 saturated heterocycles. The largest absolute Gasteiger partial charge is 0.496 e. The number of methoxy groups -OCH3 is 1. The van der Waals surface area contributed by atoms with Crippen molar-refractivity contribution in [2.45, 2.75) is 12.5 Å². The Bertz CT molecular complexity index is 943. The van der Waals surface area contributed by atoms with Crippen LogP contribution in [0.1, 0.15) is 27.5 Å². The van der Waals surface area contributed by atoms with Gasteiger partial charge in [0.1, 0.15) is 5.75 Å². The van der Waals surface area contributed by atoms with Crippen molar-refractivity contribution >= 4 is 23.2 Å². The number of likely N-dealkylation sites (N-methyl/N-ethyl adjacent to an activating group) is 2. The van der Waals surface area contributed by atoms with E-state index in [9.17, 15) is 4.79 Å². The van der Waals surface area contributed by atoms with Crippen LogP contribution in [0, 0.1) is 0 Å². The second kappa shape index (κ2) is 9.47. The molecule has 0 aliphatic carbocycles. The van der Waals surface area contributed by atoms with Crippen molar-refractivity contribution in [1.82, 2.24) is 15.1 Å². The smallest absolute Gasteiger partial charge is 0.255 e. The molecule has 1 fully saturated rings. The lowest BCUT2D eigenvalue weighted by molar-refractivity contribution is 0.0883. The summed E-state index contributed by atoms with van der Waals surface area (Å²) in [5.74, 6) is 0.359. The van der Waals surface area contributed by atoms with Gasteiger partial charge in [0.2, 0.25) is 0 Å². The maximum absolute atomic E-state index is 13.0. The standard InChI is InChI=1S/C24H31ClN4O2/c1-27-10-12-29(13-11-27)22(17-4-6-21-18(14-17)8-9-28(21)2)16-26-24(30)20-15-19(25)5-7-23(20)31-3/h4-7,14-15,22H,8-13,16H2,1-3H3,(H,26,30). The number of ether oxygens (including phenoxy) is 1. The van der Waals surface area contributed by atoms with Crippen molar-refractivity contribution in [3.63, 3.8) is 0 Å². The van der Waals surface area contributed by atoms with Crippen molar-refractivity contribution in [2.24, 2.45) is 0 Å². The van der Waals surface area contributed by atoms with Gasteiger partial charge in [-0.25, -0.2) is 0 Å². The van der Waals surface area contributed by atoms with E-state index >= 15 is 0 Å². The number of piperazine rings is 1. The normalized spacial score (nSPS) is 18.0. The average Bonchev–Trinajstić information content (AvgIpc) is 3.15. The Morgan fingerprint density at radius 1 is 1.10 bits per heavy atom. The molecule has 6 nitrogen and oxygen atoms in total. The minimum Gasteiger partial charge on any atom is -0.496 e. The number of fused-ring (bicyclic) bond motifs is 1. The molecule has 1 amide bonds. The van der Waals surface area contributed by atoms with E-state index in [4.69, 9.17) is 16.3 Å². The minimum atomic E-state index is -0.167. The first-order valence-electron chi connectivity index (χ1n) is 10.8. The first kappa shape index (κ1) is 21.9. The van der Waals surface area contributed by atoms with Gasteiger partial charge >= 0.3 is 0 Å². The van der Waals surface area contributed by atoms with Gasteiger partial charge in [-0.1, -0.05) is 23.7 Å². The molecule has 2 heterocycles. The average molecular weight is 443 g/mol. The number of nitrogens with one attached hydrogen (secondary N) is 1. The summed E-state index contributed by atoms with van der Waals surface area (Å²) >= 11 is 6.13. The summed E-state index contributed by atoms with van der Waals surface area (Å²) in [5.41, 5.74) is 4.43. The minimum absolute atomic E-state index is 0.124. The van der Waals surface area contributed by atoms with Crippen LogP contribution in [-0.4, -0.2) is 76.2 Å². The zero-order valence-corrected chi connectivity index (χ0v) is 19.3. The molecule has 0 spiro atoms. The molecule has 7 heteroatoms. The zero-order valence-electron chi connectivity index (χ0n) is 18.5. The molecule has 4 rings (SSSR count). The van der Waals surface area contributed by atoms with E-state index in [0.29, 0.717) is 22.9 Å². The number of carbonyl (C=O) groups excluding carboxylic acids is 1. The first-order valence-corrected chi connectivity index (χ1v) is 11.2. The second-order valence-electron chi connectivity index (χ2n) is 8.47. The van der Waals surface area contributed by atoms with Gasteiger partial charge in [0, 0.05) is 57.0 Å². The topological polar surface area (TPSA) is 48.1 Å². The molecule has 2 aromatic rings. The van der Waals surface area contributed by atoms with Crippen molar-refractivity contribution in [1.29, 1.82) is 0 Å². The highest BCUT2D eigenvalue weighted by molar-refractivity contribution is 6.31. The van der Waals surface area contributed by atoms with E-state index in [-0.39, 0.29) is 11.9 Å². The predicted molar refractivity (Wildman–Crippen MR) is 126 cm³/mol. The third-order valence-electron chi connectivity index (χ3n) is 6.46. The van der Waals surface area contributed by atoms with Gasteiger partial charge in [-0.3, -0.25) is 9.69 Å². The summed E-state index contributed by atoms with van der Waals surface area (Å²) < 4.78 is 5.36. The number of benzene rings is 2. The molecule has 1 N–H and O–H groups in total. The van der Waals surface area contributed by atoms with E-state index < -0.39 is 0 Å². The molecule has 2 aliphatic heterocycles. The van der Waals surface area contributed by atoms with Crippen molar-refractivity contribution in [3.05, 3.63) is 58.1 Å². The molecule has 2 aromatic carbocycles. The molecule has 0 aromatic heterocycles. The van der Waals surface area contributed by atoms with E-state index in [1.54, 1.807) is 25.3 Å². The van der Waals surface area contributed by atoms with Crippen molar-refractivity contribution < 1.29 is 9.53 Å². The Kier molecular flexibility index (Phi) is 6.70. The summed E-state index contributed by atoms with van der Waals surface area (Å²) in [6, 6.07) is 12.0. The predicted octanol–water partition coefficient (Wildman–Crippen LogP) is 3.06. The highest BCUT2D eigenvalue weighted by Gasteiger charge is 2.27. The molecule has 166 valence electrons. The Balaban J connectivity index is 1.55. The van der Waals surface area contributed by atoms with Gasteiger partial charge in [0.15, 0.2) is 0 Å². The van der Waals surface area contributed by atoms with Gasteiger partial charge in [0.05, 0.1) is 18.7 Å². The van der Waals surface area contributed by atoms with Gasteiger partial charge in [0.25, 0.3) is 5.91 Å². The number of hydrogen-bond donors (Lipinski definition) is 1. The van der Waals surface area contributed by atoms with E-state index in [1.165, 1.54) is 16.8 Å². The van der Waals surface area contributed by atoms with Crippen molar-refractivity contribution in [2.75, 3.05) is 65.4 Å². The fourth-order valence-corrected chi connectivity index (χ4v) is 4.70. The third kappa shape index (κ3) is 4.81. The molecular formula is C24H31ClN4O2. The SMILES string of the molecule is COc1ccc(Cl)cc1C(=O)NCC(c1ccc2c(c1)CCN2C)N1CCN(C)CC1. The number of carbonyl (C=O) groups is 1. The van der Waals surface area contributed by atoms with Crippen LogP contribution >= 0.6 is 11.6 Å². The molecule has 31 heavy (non-hydrogen) atoms. The van der Waals surface area contributed by atoms with Gasteiger partial charge in [-0.15, -0.1) is 0 Å². The number of anilines is 1. The number of nitrogens with zero attached hydrogens (tertiary/aromatic N) is 3. The Morgan fingerprint density at radius 2 is 1.87 bits per heavy atom. The fourth-order valence-electron chi connectivity index (χ4n) is 4.53. The molecule has 1 unspecified atom stereocenters. The van der Waals surface area contributed by atoms with Crippen LogP contribution in [0.5, 0.6) is 5.75 Å². The highest BCUT2D eigenvalue weighted by atomic mass is 35.5. The van der Waals surface area contributed by atoms with Crippen LogP contribution < -0.4 is 15.0 Å². The van der Waals surface area contributed by atoms with Crippen molar-refractivity contribution in [3.8, 4) is 5.75 Å². The number of amides is 1. The maximum atomic E-state index is 13.0. The Hall–Kier alpha value is -2.28. The fraction of sp³-hybridized carbons (Fsp3) is 0.458. The first-order chi connectivity index (χ1) is 15.0. The van der Waals surface area contributed by atoms with Crippen LogP contribution in [0.2, 0.25) is 5.02 Å². The lowest BCUT2D eigenvalue weighted by atomic mass is 10.00. The number of halogens is 1. The summed E-state index contributed by atoms with van der Waals surface area (Å²) in [7, 11) is 5.86. The molecule has 1 atom stereocenters.